The van der Waals surface area contributed by atoms with Crippen LogP contribution in [0.25, 0.3) is 0 Å². The number of halogens is 2. The second-order valence-corrected chi connectivity index (χ2v) is 6.45. The molecular weight excluding hydrogens is 334 g/mol. The van der Waals surface area contributed by atoms with Gasteiger partial charge in [-0.2, -0.15) is 0 Å². The molecule has 0 bridgehead atoms. The molecule has 1 heterocycles. The van der Waals surface area contributed by atoms with Crippen LogP contribution in [0.5, 0.6) is 0 Å². The number of carbonyl (C=O) groups is 1. The van der Waals surface area contributed by atoms with Crippen molar-refractivity contribution in [1.29, 1.82) is 0 Å². The van der Waals surface area contributed by atoms with Crippen LogP contribution in [0.1, 0.15) is 20.1 Å². The lowest BCUT2D eigenvalue weighted by Gasteiger charge is -2.04. The Morgan fingerprint density at radius 3 is 2.61 bits per heavy atom. The molecule has 0 saturated heterocycles. The third-order valence-electron chi connectivity index (χ3n) is 2.57. The van der Waals surface area contributed by atoms with E-state index < -0.39 is 0 Å². The maximum Gasteiger partial charge on any atom is 0.265 e. The Bertz CT molecular complexity index is 590. The van der Waals surface area contributed by atoms with Crippen LogP contribution in [0.15, 0.2) is 28.7 Å². The van der Waals surface area contributed by atoms with Crippen LogP contribution < -0.4 is 5.32 Å². The maximum absolute atomic E-state index is 12.0. The third kappa shape index (κ3) is 2.94. The summed E-state index contributed by atoms with van der Waals surface area (Å²) in [6.07, 6.45) is 0. The van der Waals surface area contributed by atoms with E-state index in [9.17, 15) is 4.79 Å². The standard InChI is InChI=1S/C13H11BrClNOS/c1-7-5-12(18-8(7)2)13(17)16-9-3-4-11(15)10(14)6-9/h3-6H,1-2H3,(H,16,17). The Morgan fingerprint density at radius 2 is 2.06 bits per heavy atom. The first-order chi connectivity index (χ1) is 8.47. The lowest BCUT2D eigenvalue weighted by Crippen LogP contribution is -2.09. The first kappa shape index (κ1) is 13.6. The van der Waals surface area contributed by atoms with Crippen molar-refractivity contribution >= 4 is 50.5 Å². The third-order valence-corrected chi connectivity index (χ3v) is 4.93. The van der Waals surface area contributed by atoms with Gasteiger partial charge in [0.15, 0.2) is 0 Å². The van der Waals surface area contributed by atoms with Crippen molar-refractivity contribution in [1.82, 2.24) is 0 Å². The molecule has 1 amide bonds. The number of amides is 1. The molecule has 0 atom stereocenters. The van der Waals surface area contributed by atoms with Crippen LogP contribution in [-0.4, -0.2) is 5.91 Å². The summed E-state index contributed by atoms with van der Waals surface area (Å²) in [5.41, 5.74) is 1.86. The van der Waals surface area contributed by atoms with Crippen molar-refractivity contribution in [2.24, 2.45) is 0 Å². The topological polar surface area (TPSA) is 29.1 Å². The molecule has 1 aromatic heterocycles. The van der Waals surface area contributed by atoms with Gasteiger partial charge in [-0.15, -0.1) is 11.3 Å². The van der Waals surface area contributed by atoms with Crippen LogP contribution in [0.4, 0.5) is 5.69 Å². The van der Waals surface area contributed by atoms with Gasteiger partial charge in [-0.25, -0.2) is 0 Å². The number of nitrogens with one attached hydrogen (secondary N) is 1. The number of anilines is 1. The minimum absolute atomic E-state index is 0.0922. The summed E-state index contributed by atoms with van der Waals surface area (Å²) in [5.74, 6) is -0.0922. The van der Waals surface area contributed by atoms with Crippen LogP contribution >= 0.6 is 38.9 Å². The molecule has 2 aromatic rings. The molecule has 5 heteroatoms. The van der Waals surface area contributed by atoms with Crippen molar-refractivity contribution in [2.45, 2.75) is 13.8 Å². The van der Waals surface area contributed by atoms with Gasteiger partial charge in [0, 0.05) is 15.0 Å². The second-order valence-electron chi connectivity index (χ2n) is 3.93. The zero-order valence-corrected chi connectivity index (χ0v) is 13.0. The van der Waals surface area contributed by atoms with Gasteiger partial charge < -0.3 is 5.32 Å². The summed E-state index contributed by atoms with van der Waals surface area (Å²) in [6.45, 7) is 4.01. The smallest absolute Gasteiger partial charge is 0.265 e. The SMILES string of the molecule is Cc1cc(C(=O)Nc2ccc(Cl)c(Br)c2)sc1C. The minimum atomic E-state index is -0.0922. The van der Waals surface area contributed by atoms with E-state index in [1.54, 1.807) is 18.2 Å². The zero-order chi connectivity index (χ0) is 13.3. The van der Waals surface area contributed by atoms with E-state index in [4.69, 9.17) is 11.6 Å². The van der Waals surface area contributed by atoms with E-state index in [0.29, 0.717) is 5.02 Å². The monoisotopic (exact) mass is 343 g/mol. The van der Waals surface area contributed by atoms with Crippen LogP contribution in [0, 0.1) is 13.8 Å². The molecule has 0 aliphatic heterocycles. The average Bonchev–Trinajstić information content (AvgIpc) is 2.65. The second kappa shape index (κ2) is 5.43. The Kier molecular flexibility index (Phi) is 4.10. The number of hydrogen-bond donors (Lipinski definition) is 1. The molecule has 0 aliphatic rings. The predicted octanol–water partition coefficient (Wildman–Crippen LogP) is 5.03. The van der Waals surface area contributed by atoms with Crippen molar-refractivity contribution in [3.8, 4) is 0 Å². The first-order valence-electron chi connectivity index (χ1n) is 5.31. The van der Waals surface area contributed by atoms with Crippen LogP contribution in [0.3, 0.4) is 0 Å². The van der Waals surface area contributed by atoms with Crippen LogP contribution in [0.2, 0.25) is 5.02 Å². The summed E-state index contributed by atoms with van der Waals surface area (Å²) in [6, 6.07) is 7.21. The van der Waals surface area contributed by atoms with Gasteiger partial charge in [0.05, 0.1) is 9.90 Å². The number of carbonyl (C=O) groups excluding carboxylic acids is 1. The van der Waals surface area contributed by atoms with E-state index in [1.165, 1.54) is 11.3 Å². The van der Waals surface area contributed by atoms with E-state index in [2.05, 4.69) is 21.2 Å². The van der Waals surface area contributed by atoms with Crippen molar-refractivity contribution < 1.29 is 4.79 Å². The zero-order valence-electron chi connectivity index (χ0n) is 9.88. The lowest BCUT2D eigenvalue weighted by molar-refractivity contribution is 0.103. The molecule has 1 N–H and O–H groups in total. The Labute approximate surface area is 123 Å². The highest BCUT2D eigenvalue weighted by molar-refractivity contribution is 9.10. The van der Waals surface area contributed by atoms with Gasteiger partial charge in [0.25, 0.3) is 5.91 Å². The molecule has 0 spiro atoms. The summed E-state index contributed by atoms with van der Waals surface area (Å²) >= 11 is 10.7. The van der Waals surface area contributed by atoms with Gasteiger partial charge in [-0.3, -0.25) is 4.79 Å². The van der Waals surface area contributed by atoms with Gasteiger partial charge in [-0.05, 0) is 59.6 Å². The van der Waals surface area contributed by atoms with E-state index >= 15 is 0 Å². The molecule has 18 heavy (non-hydrogen) atoms. The fourth-order valence-corrected chi connectivity index (χ4v) is 2.88. The molecule has 94 valence electrons. The molecular formula is C13H11BrClNOS. The Hall–Kier alpha value is -0.840. The Morgan fingerprint density at radius 1 is 1.33 bits per heavy atom. The molecule has 0 saturated carbocycles. The summed E-state index contributed by atoms with van der Waals surface area (Å²) in [4.78, 5) is 13.9. The molecule has 2 nitrogen and oxygen atoms in total. The van der Waals surface area contributed by atoms with Gasteiger partial charge in [0.1, 0.15) is 0 Å². The van der Waals surface area contributed by atoms with Gasteiger partial charge in [0.2, 0.25) is 0 Å². The predicted molar refractivity (Wildman–Crippen MR) is 80.9 cm³/mol. The molecule has 0 aliphatic carbocycles. The quantitative estimate of drug-likeness (QED) is 0.813. The van der Waals surface area contributed by atoms with Gasteiger partial charge >= 0.3 is 0 Å². The summed E-state index contributed by atoms with van der Waals surface area (Å²) in [5, 5.41) is 3.47. The minimum Gasteiger partial charge on any atom is -0.321 e. The normalized spacial score (nSPS) is 10.4. The molecule has 2 rings (SSSR count). The fourth-order valence-electron chi connectivity index (χ4n) is 1.45. The van der Waals surface area contributed by atoms with E-state index in [1.807, 2.05) is 19.9 Å². The number of benzene rings is 1. The highest BCUT2D eigenvalue weighted by atomic mass is 79.9. The van der Waals surface area contributed by atoms with E-state index in [-0.39, 0.29) is 5.91 Å². The lowest BCUT2D eigenvalue weighted by atomic mass is 10.2. The Balaban J connectivity index is 2.18. The summed E-state index contributed by atoms with van der Waals surface area (Å²) in [7, 11) is 0. The van der Waals surface area contributed by atoms with Gasteiger partial charge in [-0.1, -0.05) is 11.6 Å². The molecule has 0 unspecified atom stereocenters. The summed E-state index contributed by atoms with van der Waals surface area (Å²) < 4.78 is 0.764. The van der Waals surface area contributed by atoms with E-state index in [0.717, 1.165) is 25.5 Å². The number of thiophene rings is 1. The van der Waals surface area contributed by atoms with Crippen molar-refractivity contribution in [2.75, 3.05) is 5.32 Å². The number of rotatable bonds is 2. The highest BCUT2D eigenvalue weighted by Crippen LogP contribution is 2.27. The van der Waals surface area contributed by atoms with Crippen LogP contribution in [-0.2, 0) is 0 Å². The first-order valence-corrected chi connectivity index (χ1v) is 7.29. The number of hydrogen-bond acceptors (Lipinski definition) is 2. The largest absolute Gasteiger partial charge is 0.321 e. The fraction of sp³-hybridized carbons (Fsp3) is 0.154. The van der Waals surface area contributed by atoms with Crippen molar-refractivity contribution in [3.63, 3.8) is 0 Å². The average molecular weight is 345 g/mol. The van der Waals surface area contributed by atoms with Crippen molar-refractivity contribution in [3.05, 3.63) is 49.1 Å². The number of aryl methyl sites for hydroxylation is 2. The molecule has 0 radical (unpaired) electrons. The molecule has 1 aromatic carbocycles. The maximum atomic E-state index is 12.0. The molecule has 0 fully saturated rings. The highest BCUT2D eigenvalue weighted by Gasteiger charge is 2.11.